The van der Waals surface area contributed by atoms with Crippen molar-refractivity contribution in [2.45, 2.75) is 38.5 Å². The molecule has 0 aromatic rings. The molecule has 3 N–H and O–H groups in total. The number of hydrogen-bond donors (Lipinski definition) is 3. The van der Waals surface area contributed by atoms with Crippen molar-refractivity contribution in [3.8, 4) is 0 Å². The third-order valence-corrected chi connectivity index (χ3v) is 2.23. The summed E-state index contributed by atoms with van der Waals surface area (Å²) < 4.78 is 0. The molecule has 0 aromatic carbocycles. The van der Waals surface area contributed by atoms with Crippen LogP contribution in [0.1, 0.15) is 38.5 Å². The molecular formula is C10H18O5. The lowest BCUT2D eigenvalue weighted by Gasteiger charge is -2.08. The van der Waals surface area contributed by atoms with Crippen LogP contribution < -0.4 is 0 Å². The third-order valence-electron chi connectivity index (χ3n) is 2.23. The summed E-state index contributed by atoms with van der Waals surface area (Å²) in [5.41, 5.74) is 0. The highest BCUT2D eigenvalue weighted by molar-refractivity contribution is 5.77. The molecule has 1 unspecified atom stereocenters. The summed E-state index contributed by atoms with van der Waals surface area (Å²) in [6.07, 6.45) is 3.20. The highest BCUT2D eigenvalue weighted by Gasteiger charge is 2.19. The molecule has 0 amide bonds. The molecule has 0 radical (unpaired) electrons. The molecule has 15 heavy (non-hydrogen) atoms. The maximum Gasteiger partial charge on any atom is 0.307 e. The lowest BCUT2D eigenvalue weighted by atomic mass is 9.98. The Hall–Kier alpha value is -1.10. The summed E-state index contributed by atoms with van der Waals surface area (Å²) in [4.78, 5) is 21.0. The van der Waals surface area contributed by atoms with E-state index in [1.165, 1.54) is 0 Å². The van der Waals surface area contributed by atoms with E-state index in [-0.39, 0.29) is 13.0 Å². The van der Waals surface area contributed by atoms with Crippen molar-refractivity contribution in [1.82, 2.24) is 0 Å². The van der Waals surface area contributed by atoms with E-state index in [0.717, 1.165) is 19.3 Å². The second-order valence-electron chi connectivity index (χ2n) is 3.56. The minimum absolute atomic E-state index is 0.150. The quantitative estimate of drug-likeness (QED) is 0.504. The Morgan fingerprint density at radius 2 is 1.60 bits per heavy atom. The first-order valence-corrected chi connectivity index (χ1v) is 5.13. The van der Waals surface area contributed by atoms with E-state index in [1.54, 1.807) is 0 Å². The SMILES string of the molecule is O=C(O)CC(CCCCCCO)C(=O)O. The van der Waals surface area contributed by atoms with Crippen molar-refractivity contribution < 1.29 is 24.9 Å². The van der Waals surface area contributed by atoms with Gasteiger partial charge in [0.1, 0.15) is 0 Å². The summed E-state index contributed by atoms with van der Waals surface area (Å²) in [5.74, 6) is -2.89. The van der Waals surface area contributed by atoms with Gasteiger partial charge < -0.3 is 15.3 Å². The van der Waals surface area contributed by atoms with Gasteiger partial charge in [0.15, 0.2) is 0 Å². The van der Waals surface area contributed by atoms with E-state index in [4.69, 9.17) is 15.3 Å². The number of carboxylic acid groups (broad SMARTS) is 2. The first-order valence-electron chi connectivity index (χ1n) is 5.13. The van der Waals surface area contributed by atoms with Gasteiger partial charge >= 0.3 is 11.9 Å². The van der Waals surface area contributed by atoms with Gasteiger partial charge in [-0.15, -0.1) is 0 Å². The lowest BCUT2D eigenvalue weighted by Crippen LogP contribution is -2.17. The monoisotopic (exact) mass is 218 g/mol. The largest absolute Gasteiger partial charge is 0.481 e. The number of aliphatic hydroxyl groups is 1. The minimum Gasteiger partial charge on any atom is -0.481 e. The van der Waals surface area contributed by atoms with Gasteiger partial charge in [0.05, 0.1) is 12.3 Å². The van der Waals surface area contributed by atoms with Gasteiger partial charge in [-0.1, -0.05) is 19.3 Å². The van der Waals surface area contributed by atoms with E-state index in [0.29, 0.717) is 12.8 Å². The van der Waals surface area contributed by atoms with Gasteiger partial charge in [-0.25, -0.2) is 0 Å². The number of carbonyl (C=O) groups is 2. The first kappa shape index (κ1) is 13.9. The third kappa shape index (κ3) is 7.93. The second kappa shape index (κ2) is 8.23. The smallest absolute Gasteiger partial charge is 0.307 e. The summed E-state index contributed by atoms with van der Waals surface area (Å²) in [7, 11) is 0. The molecule has 0 fully saturated rings. The molecule has 0 aliphatic heterocycles. The van der Waals surface area contributed by atoms with Crippen LogP contribution in [0.4, 0.5) is 0 Å². The molecule has 88 valence electrons. The minimum atomic E-state index is -1.07. The van der Waals surface area contributed by atoms with Crippen LogP contribution in [0, 0.1) is 5.92 Å². The predicted molar refractivity (Wildman–Crippen MR) is 53.5 cm³/mol. The fraction of sp³-hybridized carbons (Fsp3) is 0.800. The fourth-order valence-corrected chi connectivity index (χ4v) is 1.38. The van der Waals surface area contributed by atoms with Crippen molar-refractivity contribution in [2.24, 2.45) is 5.92 Å². The molecule has 1 atom stereocenters. The molecule has 0 rings (SSSR count). The summed E-state index contributed by atoms with van der Waals surface area (Å²) in [6, 6.07) is 0. The Morgan fingerprint density at radius 1 is 1.00 bits per heavy atom. The van der Waals surface area contributed by atoms with Gasteiger partial charge in [0.2, 0.25) is 0 Å². The molecule has 0 aromatic heterocycles. The van der Waals surface area contributed by atoms with E-state index in [1.807, 2.05) is 0 Å². The van der Waals surface area contributed by atoms with Crippen molar-refractivity contribution in [3.63, 3.8) is 0 Å². The maximum atomic E-state index is 10.7. The molecule has 0 saturated heterocycles. The Labute approximate surface area is 88.7 Å². The molecule has 5 heteroatoms. The first-order chi connectivity index (χ1) is 7.07. The summed E-state index contributed by atoms with van der Waals surface area (Å²) in [6.45, 7) is 0.150. The number of hydrogen-bond acceptors (Lipinski definition) is 3. The van der Waals surface area contributed by atoms with Crippen LogP contribution in [-0.4, -0.2) is 33.9 Å². The lowest BCUT2D eigenvalue weighted by molar-refractivity contribution is -0.148. The standard InChI is InChI=1S/C10H18O5/c11-6-4-2-1-3-5-8(10(14)15)7-9(12)13/h8,11H,1-7H2,(H,12,13)(H,14,15). The Balaban J connectivity index is 3.67. The number of aliphatic carboxylic acids is 2. The number of aliphatic hydroxyl groups excluding tert-OH is 1. The van der Waals surface area contributed by atoms with E-state index in [9.17, 15) is 9.59 Å². The van der Waals surface area contributed by atoms with Crippen LogP contribution in [-0.2, 0) is 9.59 Å². The number of rotatable bonds is 9. The van der Waals surface area contributed by atoms with Crippen molar-refractivity contribution in [1.29, 1.82) is 0 Å². The molecule has 0 heterocycles. The molecular weight excluding hydrogens is 200 g/mol. The van der Waals surface area contributed by atoms with Crippen LogP contribution in [0.5, 0.6) is 0 Å². The average Bonchev–Trinajstić information content (AvgIpc) is 2.15. The highest BCUT2D eigenvalue weighted by atomic mass is 16.4. The molecule has 0 spiro atoms. The highest BCUT2D eigenvalue weighted by Crippen LogP contribution is 2.14. The van der Waals surface area contributed by atoms with Gasteiger partial charge in [-0.05, 0) is 12.8 Å². The van der Waals surface area contributed by atoms with E-state index >= 15 is 0 Å². The zero-order chi connectivity index (χ0) is 11.7. The normalized spacial score (nSPS) is 12.3. The van der Waals surface area contributed by atoms with Gasteiger partial charge in [-0.2, -0.15) is 0 Å². The van der Waals surface area contributed by atoms with Crippen molar-refractivity contribution in [2.75, 3.05) is 6.61 Å². The summed E-state index contributed by atoms with van der Waals surface area (Å²) in [5, 5.41) is 25.7. The van der Waals surface area contributed by atoms with Crippen LogP contribution in [0.15, 0.2) is 0 Å². The summed E-state index contributed by atoms with van der Waals surface area (Å²) >= 11 is 0. The van der Waals surface area contributed by atoms with E-state index < -0.39 is 17.9 Å². The molecule has 0 saturated carbocycles. The zero-order valence-corrected chi connectivity index (χ0v) is 8.69. The van der Waals surface area contributed by atoms with Crippen LogP contribution in [0.2, 0.25) is 0 Å². The molecule has 0 aliphatic rings. The Morgan fingerprint density at radius 3 is 2.07 bits per heavy atom. The topological polar surface area (TPSA) is 94.8 Å². The van der Waals surface area contributed by atoms with Crippen LogP contribution in [0.25, 0.3) is 0 Å². The molecule has 0 bridgehead atoms. The number of unbranched alkanes of at least 4 members (excludes halogenated alkanes) is 3. The fourth-order valence-electron chi connectivity index (χ4n) is 1.38. The van der Waals surface area contributed by atoms with Crippen molar-refractivity contribution in [3.05, 3.63) is 0 Å². The van der Waals surface area contributed by atoms with Gasteiger partial charge in [-0.3, -0.25) is 9.59 Å². The Bertz CT molecular complexity index is 202. The second-order valence-corrected chi connectivity index (χ2v) is 3.56. The van der Waals surface area contributed by atoms with Gasteiger partial charge in [0, 0.05) is 6.61 Å². The van der Waals surface area contributed by atoms with Crippen LogP contribution in [0.3, 0.4) is 0 Å². The zero-order valence-electron chi connectivity index (χ0n) is 8.69. The predicted octanol–water partition coefficient (Wildman–Crippen LogP) is 1.10. The molecule has 0 aliphatic carbocycles. The van der Waals surface area contributed by atoms with Gasteiger partial charge in [0.25, 0.3) is 0 Å². The van der Waals surface area contributed by atoms with Crippen molar-refractivity contribution >= 4 is 11.9 Å². The van der Waals surface area contributed by atoms with Crippen LogP contribution >= 0.6 is 0 Å². The molecule has 5 nitrogen and oxygen atoms in total. The number of carboxylic acids is 2. The Kier molecular flexibility index (Phi) is 7.62. The maximum absolute atomic E-state index is 10.7. The van der Waals surface area contributed by atoms with E-state index in [2.05, 4.69) is 0 Å². The average molecular weight is 218 g/mol.